The number of aliphatic hydroxyl groups excluding tert-OH is 1. The van der Waals surface area contributed by atoms with Gasteiger partial charge in [0, 0.05) is 26.3 Å². The van der Waals surface area contributed by atoms with Gasteiger partial charge in [-0.2, -0.15) is 0 Å². The molecule has 0 rings (SSSR count). The number of rotatable bonds is 8. The molecule has 0 saturated heterocycles. The van der Waals surface area contributed by atoms with Gasteiger partial charge in [-0.25, -0.2) is 0 Å². The van der Waals surface area contributed by atoms with E-state index in [0.717, 1.165) is 19.4 Å². The molecule has 1 atom stereocenters. The zero-order valence-corrected chi connectivity index (χ0v) is 11.8. The van der Waals surface area contributed by atoms with Crippen LogP contribution in [0, 0.1) is 5.41 Å². The van der Waals surface area contributed by atoms with Gasteiger partial charge in [0.1, 0.15) is 0 Å². The molecular formula is C13H29NO2. The van der Waals surface area contributed by atoms with Crippen molar-refractivity contribution >= 4 is 0 Å². The SMILES string of the molecule is COC(C)(C)CC(C)NCC(C)(C)CCO. The van der Waals surface area contributed by atoms with Gasteiger partial charge in [-0.1, -0.05) is 13.8 Å². The Bertz CT molecular complexity index is 190. The van der Waals surface area contributed by atoms with Crippen LogP contribution in [0.4, 0.5) is 0 Å². The third kappa shape index (κ3) is 7.20. The van der Waals surface area contributed by atoms with E-state index in [1.165, 1.54) is 0 Å². The van der Waals surface area contributed by atoms with Gasteiger partial charge in [-0.05, 0) is 39.0 Å². The van der Waals surface area contributed by atoms with Crippen molar-refractivity contribution in [1.29, 1.82) is 0 Å². The lowest BCUT2D eigenvalue weighted by molar-refractivity contribution is 0.00769. The maximum absolute atomic E-state index is 8.94. The fourth-order valence-electron chi connectivity index (χ4n) is 1.73. The van der Waals surface area contributed by atoms with Gasteiger partial charge in [0.25, 0.3) is 0 Å². The van der Waals surface area contributed by atoms with Crippen LogP contribution >= 0.6 is 0 Å². The Kier molecular flexibility index (Phi) is 6.53. The molecule has 0 aliphatic rings. The highest BCUT2D eigenvalue weighted by Gasteiger charge is 2.22. The summed E-state index contributed by atoms with van der Waals surface area (Å²) in [7, 11) is 1.75. The Morgan fingerprint density at radius 1 is 1.25 bits per heavy atom. The van der Waals surface area contributed by atoms with Crippen molar-refractivity contribution < 1.29 is 9.84 Å². The minimum atomic E-state index is -0.0759. The van der Waals surface area contributed by atoms with Gasteiger partial charge in [0.15, 0.2) is 0 Å². The molecule has 0 aromatic carbocycles. The molecule has 0 bridgehead atoms. The molecule has 0 aliphatic heterocycles. The molecule has 2 N–H and O–H groups in total. The summed E-state index contributed by atoms with van der Waals surface area (Å²) in [4.78, 5) is 0. The van der Waals surface area contributed by atoms with E-state index >= 15 is 0 Å². The van der Waals surface area contributed by atoms with Crippen molar-refractivity contribution in [2.75, 3.05) is 20.3 Å². The van der Waals surface area contributed by atoms with Crippen molar-refractivity contribution in [2.45, 2.75) is 59.1 Å². The van der Waals surface area contributed by atoms with E-state index in [0.29, 0.717) is 6.04 Å². The minimum absolute atomic E-state index is 0.0759. The van der Waals surface area contributed by atoms with Gasteiger partial charge < -0.3 is 15.2 Å². The first-order chi connectivity index (χ1) is 7.22. The molecule has 16 heavy (non-hydrogen) atoms. The van der Waals surface area contributed by atoms with E-state index in [4.69, 9.17) is 9.84 Å². The first kappa shape index (κ1) is 15.9. The fourth-order valence-corrected chi connectivity index (χ4v) is 1.73. The summed E-state index contributed by atoms with van der Waals surface area (Å²) in [6, 6.07) is 0.424. The van der Waals surface area contributed by atoms with Crippen LogP contribution in [0.5, 0.6) is 0 Å². The first-order valence-electron chi connectivity index (χ1n) is 6.12. The molecular weight excluding hydrogens is 202 g/mol. The third-order valence-corrected chi connectivity index (χ3v) is 3.07. The van der Waals surface area contributed by atoms with Gasteiger partial charge in [0.2, 0.25) is 0 Å². The molecule has 0 saturated carbocycles. The fraction of sp³-hybridized carbons (Fsp3) is 1.00. The summed E-state index contributed by atoms with van der Waals surface area (Å²) in [6.45, 7) is 11.9. The Balaban J connectivity index is 3.93. The number of aliphatic hydroxyl groups is 1. The van der Waals surface area contributed by atoms with Crippen LogP contribution in [-0.2, 0) is 4.74 Å². The van der Waals surface area contributed by atoms with E-state index in [2.05, 4.69) is 39.9 Å². The summed E-state index contributed by atoms with van der Waals surface area (Å²) in [6.07, 6.45) is 1.82. The molecule has 1 unspecified atom stereocenters. The van der Waals surface area contributed by atoms with Crippen LogP contribution in [0.3, 0.4) is 0 Å². The number of ether oxygens (including phenoxy) is 1. The highest BCUT2D eigenvalue weighted by Crippen LogP contribution is 2.20. The van der Waals surface area contributed by atoms with Gasteiger partial charge in [-0.3, -0.25) is 0 Å². The summed E-state index contributed by atoms with van der Waals surface area (Å²) in [5.74, 6) is 0. The summed E-state index contributed by atoms with van der Waals surface area (Å²) < 4.78 is 5.41. The molecule has 0 radical (unpaired) electrons. The zero-order chi connectivity index (χ0) is 12.8. The van der Waals surface area contributed by atoms with Crippen LogP contribution in [0.25, 0.3) is 0 Å². The van der Waals surface area contributed by atoms with Crippen LogP contribution in [0.1, 0.15) is 47.5 Å². The molecule has 3 heteroatoms. The van der Waals surface area contributed by atoms with Crippen molar-refractivity contribution in [1.82, 2.24) is 5.32 Å². The van der Waals surface area contributed by atoms with Crippen LogP contribution in [-0.4, -0.2) is 37.0 Å². The second-order valence-electron chi connectivity index (χ2n) is 6.09. The number of hydrogen-bond acceptors (Lipinski definition) is 3. The maximum Gasteiger partial charge on any atom is 0.0637 e. The number of nitrogens with one attached hydrogen (secondary N) is 1. The standard InChI is InChI=1S/C13H29NO2/c1-11(9-13(4,5)16-6)14-10-12(2,3)7-8-15/h11,14-15H,7-10H2,1-6H3. The normalized spacial score (nSPS) is 15.2. The first-order valence-corrected chi connectivity index (χ1v) is 6.12. The summed E-state index contributed by atoms with van der Waals surface area (Å²) in [5, 5.41) is 12.5. The monoisotopic (exact) mass is 231 g/mol. The predicted molar refractivity (Wildman–Crippen MR) is 68.7 cm³/mol. The largest absolute Gasteiger partial charge is 0.396 e. The Morgan fingerprint density at radius 2 is 1.81 bits per heavy atom. The van der Waals surface area contributed by atoms with E-state index in [-0.39, 0.29) is 17.6 Å². The highest BCUT2D eigenvalue weighted by molar-refractivity contribution is 4.78. The predicted octanol–water partition coefficient (Wildman–Crippen LogP) is 2.19. The van der Waals surface area contributed by atoms with Gasteiger partial charge >= 0.3 is 0 Å². The van der Waals surface area contributed by atoms with Gasteiger partial charge in [-0.15, -0.1) is 0 Å². The molecule has 0 heterocycles. The molecule has 98 valence electrons. The Hall–Kier alpha value is -0.120. The van der Waals surface area contributed by atoms with Crippen molar-refractivity contribution in [3.05, 3.63) is 0 Å². The molecule has 0 spiro atoms. The maximum atomic E-state index is 8.94. The van der Waals surface area contributed by atoms with E-state index in [9.17, 15) is 0 Å². The molecule has 3 nitrogen and oxygen atoms in total. The average molecular weight is 231 g/mol. The van der Waals surface area contributed by atoms with E-state index in [1.54, 1.807) is 7.11 Å². The quantitative estimate of drug-likeness (QED) is 0.673. The number of hydrogen-bond donors (Lipinski definition) is 2. The lowest BCUT2D eigenvalue weighted by Crippen LogP contribution is -2.40. The number of methoxy groups -OCH3 is 1. The van der Waals surface area contributed by atoms with Gasteiger partial charge in [0.05, 0.1) is 5.60 Å². The van der Waals surface area contributed by atoms with Crippen LogP contribution < -0.4 is 5.32 Å². The lowest BCUT2D eigenvalue weighted by Gasteiger charge is -2.30. The van der Waals surface area contributed by atoms with Crippen LogP contribution in [0.15, 0.2) is 0 Å². The smallest absolute Gasteiger partial charge is 0.0637 e. The molecule has 0 aliphatic carbocycles. The molecule has 0 aromatic heterocycles. The zero-order valence-electron chi connectivity index (χ0n) is 11.8. The van der Waals surface area contributed by atoms with E-state index < -0.39 is 0 Å². The molecule has 0 amide bonds. The van der Waals surface area contributed by atoms with Crippen LogP contribution in [0.2, 0.25) is 0 Å². The van der Waals surface area contributed by atoms with Crippen molar-refractivity contribution in [3.8, 4) is 0 Å². The summed E-state index contributed by atoms with van der Waals surface area (Å²) in [5.41, 5.74) is 0.0771. The Morgan fingerprint density at radius 3 is 2.25 bits per heavy atom. The van der Waals surface area contributed by atoms with Crippen molar-refractivity contribution in [2.24, 2.45) is 5.41 Å². The van der Waals surface area contributed by atoms with E-state index in [1.807, 2.05) is 0 Å². The minimum Gasteiger partial charge on any atom is -0.396 e. The second kappa shape index (κ2) is 6.58. The second-order valence-corrected chi connectivity index (χ2v) is 6.09. The Labute approximate surface area is 101 Å². The average Bonchev–Trinajstić information content (AvgIpc) is 2.14. The molecule has 0 fully saturated rings. The summed E-state index contributed by atoms with van der Waals surface area (Å²) >= 11 is 0. The highest BCUT2D eigenvalue weighted by atomic mass is 16.5. The third-order valence-electron chi connectivity index (χ3n) is 3.07. The lowest BCUT2D eigenvalue weighted by atomic mass is 9.89. The topological polar surface area (TPSA) is 41.5 Å². The molecule has 0 aromatic rings. The van der Waals surface area contributed by atoms with Crippen molar-refractivity contribution in [3.63, 3.8) is 0 Å².